The number of anilines is 1. The van der Waals surface area contributed by atoms with Crippen LogP contribution in [-0.2, 0) is 0 Å². The van der Waals surface area contributed by atoms with E-state index in [2.05, 4.69) is 4.98 Å². The summed E-state index contributed by atoms with van der Waals surface area (Å²) in [6, 6.07) is 17.9. The van der Waals surface area contributed by atoms with E-state index < -0.39 is 17.9 Å². The highest BCUT2D eigenvalue weighted by molar-refractivity contribution is 5.89. The molecule has 2 aromatic heterocycles. The lowest BCUT2D eigenvalue weighted by atomic mass is 10.1. The van der Waals surface area contributed by atoms with Crippen molar-refractivity contribution in [3.05, 3.63) is 66.7 Å². The van der Waals surface area contributed by atoms with E-state index in [-0.39, 0.29) is 10.9 Å². The molecule has 9 nitrogen and oxygen atoms in total. The van der Waals surface area contributed by atoms with Crippen molar-refractivity contribution in [3.8, 4) is 28.8 Å². The predicted octanol–water partition coefficient (Wildman–Crippen LogP) is 3.22. The van der Waals surface area contributed by atoms with Crippen LogP contribution in [0.25, 0.3) is 22.2 Å². The second kappa shape index (κ2) is 7.06. The monoisotopic (exact) mass is 392 g/mol. The van der Waals surface area contributed by atoms with Crippen molar-refractivity contribution in [2.45, 2.75) is 0 Å². The molecule has 0 spiro atoms. The van der Waals surface area contributed by atoms with Crippen molar-refractivity contribution in [2.24, 2.45) is 0 Å². The molecule has 0 saturated carbocycles. The maximum Gasteiger partial charge on any atom is 0.460 e. The van der Waals surface area contributed by atoms with Crippen LogP contribution in [0.1, 0.15) is 0 Å². The molecule has 2 aromatic carbocycles. The van der Waals surface area contributed by atoms with Crippen LogP contribution in [0.5, 0.6) is 17.5 Å². The number of rotatable bonds is 3. The van der Waals surface area contributed by atoms with Crippen molar-refractivity contribution in [3.63, 3.8) is 0 Å². The number of ether oxygens (including phenoxy) is 1. The molecular formula is C20H16N4O5. The van der Waals surface area contributed by atoms with Gasteiger partial charge in [0.1, 0.15) is 5.69 Å². The summed E-state index contributed by atoms with van der Waals surface area (Å²) in [5, 5.41) is 30.0. The highest BCUT2D eigenvalue weighted by atomic mass is 16.7. The van der Waals surface area contributed by atoms with Gasteiger partial charge in [0.15, 0.2) is 5.75 Å². The molecule has 0 bridgehead atoms. The molecule has 0 aliphatic carbocycles. The molecule has 1 amide bonds. The fraction of sp³-hybridized carbons (Fsp3) is 0. The highest BCUT2D eigenvalue weighted by Gasteiger charge is 2.23. The standard InChI is InChI=1S/C20H16N4O5/c21-14-6-7-15-13(10-14)11-16(19(22-15)12-4-2-1-3-5-12)29-20(27)24(28)23-17(25)8-9-18(23)26/h1-11,25-26,28H,21H2. The summed E-state index contributed by atoms with van der Waals surface area (Å²) in [5.41, 5.74) is 8.03. The minimum Gasteiger partial charge on any atom is -0.493 e. The van der Waals surface area contributed by atoms with Crippen molar-refractivity contribution >= 4 is 22.7 Å². The molecule has 0 aliphatic heterocycles. The molecule has 0 atom stereocenters. The van der Waals surface area contributed by atoms with Crippen molar-refractivity contribution in [2.75, 3.05) is 10.9 Å². The number of fused-ring (bicyclic) bond motifs is 1. The molecule has 9 heteroatoms. The second-order valence-electron chi connectivity index (χ2n) is 6.17. The Morgan fingerprint density at radius 1 is 1.00 bits per heavy atom. The first-order valence-corrected chi connectivity index (χ1v) is 8.50. The Balaban J connectivity index is 1.78. The number of benzene rings is 2. The van der Waals surface area contributed by atoms with Gasteiger partial charge in [-0.25, -0.2) is 9.78 Å². The summed E-state index contributed by atoms with van der Waals surface area (Å²) in [4.78, 5) is 17.0. The van der Waals surface area contributed by atoms with Gasteiger partial charge in [0, 0.05) is 28.8 Å². The van der Waals surface area contributed by atoms with Gasteiger partial charge in [-0.2, -0.15) is 4.68 Å². The van der Waals surface area contributed by atoms with E-state index in [0.717, 1.165) is 12.1 Å². The number of nitrogens with two attached hydrogens (primary N) is 1. The third kappa shape index (κ3) is 3.37. The van der Waals surface area contributed by atoms with Gasteiger partial charge in [0.2, 0.25) is 11.8 Å². The molecule has 4 rings (SSSR count). The van der Waals surface area contributed by atoms with Crippen LogP contribution in [0.15, 0.2) is 66.7 Å². The molecule has 5 N–H and O–H groups in total. The average molecular weight is 392 g/mol. The van der Waals surface area contributed by atoms with E-state index in [4.69, 9.17) is 10.5 Å². The number of carbonyl (C=O) groups is 1. The van der Waals surface area contributed by atoms with Crippen LogP contribution in [0.4, 0.5) is 10.5 Å². The van der Waals surface area contributed by atoms with E-state index in [1.165, 1.54) is 0 Å². The number of carbonyl (C=O) groups excluding carboxylic acids is 1. The number of nitrogens with zero attached hydrogens (tertiary/aromatic N) is 3. The molecule has 0 fully saturated rings. The van der Waals surface area contributed by atoms with Crippen molar-refractivity contribution in [1.82, 2.24) is 9.66 Å². The summed E-state index contributed by atoms with van der Waals surface area (Å²) in [7, 11) is 0. The number of amides is 1. The Morgan fingerprint density at radius 2 is 1.69 bits per heavy atom. The molecule has 0 radical (unpaired) electrons. The average Bonchev–Trinajstić information content (AvgIpc) is 3.05. The van der Waals surface area contributed by atoms with Crippen LogP contribution in [0, 0.1) is 0 Å². The zero-order valence-corrected chi connectivity index (χ0v) is 14.9. The van der Waals surface area contributed by atoms with E-state index in [9.17, 15) is 20.2 Å². The number of hydrogen-bond acceptors (Lipinski definition) is 7. The zero-order chi connectivity index (χ0) is 20.5. The summed E-state index contributed by atoms with van der Waals surface area (Å²) < 4.78 is 5.80. The van der Waals surface area contributed by atoms with Crippen LogP contribution >= 0.6 is 0 Å². The van der Waals surface area contributed by atoms with E-state index in [1.54, 1.807) is 36.4 Å². The first-order chi connectivity index (χ1) is 13.9. The number of hydroxylamine groups is 1. The maximum absolute atomic E-state index is 12.5. The second-order valence-corrected chi connectivity index (χ2v) is 6.17. The van der Waals surface area contributed by atoms with Gasteiger partial charge in [0.25, 0.3) is 0 Å². The Kier molecular flexibility index (Phi) is 4.41. The van der Waals surface area contributed by atoms with Gasteiger partial charge in [0.05, 0.1) is 5.52 Å². The lowest BCUT2D eigenvalue weighted by molar-refractivity contribution is 0.122. The van der Waals surface area contributed by atoms with Crippen LogP contribution in [0.2, 0.25) is 0 Å². The van der Waals surface area contributed by atoms with E-state index >= 15 is 0 Å². The third-order valence-corrected chi connectivity index (χ3v) is 4.22. The van der Waals surface area contributed by atoms with Gasteiger partial charge in [-0.1, -0.05) is 35.5 Å². The van der Waals surface area contributed by atoms with Crippen molar-refractivity contribution in [1.29, 1.82) is 0 Å². The van der Waals surface area contributed by atoms with Gasteiger partial charge < -0.3 is 20.7 Å². The molecule has 0 unspecified atom stereocenters. The predicted molar refractivity (Wildman–Crippen MR) is 105 cm³/mol. The first kappa shape index (κ1) is 18.1. The molecular weight excluding hydrogens is 376 g/mol. The van der Waals surface area contributed by atoms with Gasteiger partial charge >= 0.3 is 6.09 Å². The quantitative estimate of drug-likeness (QED) is 0.239. The number of pyridine rings is 1. The summed E-state index contributed by atoms with van der Waals surface area (Å²) >= 11 is 0. The van der Waals surface area contributed by atoms with E-state index in [0.29, 0.717) is 32.5 Å². The Labute approximate surface area is 164 Å². The Hall–Kier alpha value is -4.24. The number of nitrogen functional groups attached to an aromatic ring is 1. The minimum absolute atomic E-state index is 0.0526. The number of aromatic nitrogens is 2. The fourth-order valence-corrected chi connectivity index (χ4v) is 2.87. The SMILES string of the molecule is Nc1ccc2nc(-c3ccccc3)c(OC(=O)N(O)n3c(O)ccc3O)cc2c1. The molecule has 0 saturated heterocycles. The summed E-state index contributed by atoms with van der Waals surface area (Å²) in [5.74, 6) is -1.06. The number of hydrogen-bond donors (Lipinski definition) is 4. The molecule has 29 heavy (non-hydrogen) atoms. The normalized spacial score (nSPS) is 10.8. The number of aromatic hydroxyl groups is 2. The topological polar surface area (TPSA) is 134 Å². The lowest BCUT2D eigenvalue weighted by Gasteiger charge is -2.18. The largest absolute Gasteiger partial charge is 0.493 e. The minimum atomic E-state index is -1.27. The highest BCUT2D eigenvalue weighted by Crippen LogP contribution is 2.33. The first-order valence-electron chi connectivity index (χ1n) is 8.50. The Morgan fingerprint density at radius 3 is 2.38 bits per heavy atom. The van der Waals surface area contributed by atoms with Crippen LogP contribution < -0.4 is 15.6 Å². The van der Waals surface area contributed by atoms with E-state index in [1.807, 2.05) is 18.2 Å². The maximum atomic E-state index is 12.5. The molecule has 2 heterocycles. The molecule has 146 valence electrons. The summed E-state index contributed by atoms with van der Waals surface area (Å²) in [6.45, 7) is 0. The molecule has 0 aliphatic rings. The summed E-state index contributed by atoms with van der Waals surface area (Å²) in [6.07, 6.45) is -1.27. The van der Waals surface area contributed by atoms with Crippen LogP contribution in [0.3, 0.4) is 0 Å². The van der Waals surface area contributed by atoms with Gasteiger partial charge in [-0.15, -0.1) is 0 Å². The lowest BCUT2D eigenvalue weighted by Crippen LogP contribution is -2.39. The van der Waals surface area contributed by atoms with Gasteiger partial charge in [-0.3, -0.25) is 5.21 Å². The van der Waals surface area contributed by atoms with Gasteiger partial charge in [-0.05, 0) is 24.3 Å². The fourth-order valence-electron chi connectivity index (χ4n) is 2.87. The van der Waals surface area contributed by atoms with Crippen molar-refractivity contribution < 1.29 is 25.0 Å². The molecule has 4 aromatic rings. The smallest absolute Gasteiger partial charge is 0.460 e. The Bertz CT molecular complexity index is 1190. The zero-order valence-electron chi connectivity index (χ0n) is 14.9. The van der Waals surface area contributed by atoms with Crippen LogP contribution in [-0.4, -0.2) is 31.2 Å². The third-order valence-electron chi connectivity index (χ3n) is 4.22.